The van der Waals surface area contributed by atoms with E-state index in [0.29, 0.717) is 19.1 Å². The van der Waals surface area contributed by atoms with Crippen LogP contribution in [0, 0.1) is 17.5 Å². The van der Waals surface area contributed by atoms with Crippen LogP contribution < -0.4 is 0 Å². The van der Waals surface area contributed by atoms with Gasteiger partial charge in [-0.3, -0.25) is 9.69 Å². The number of carbonyl (C=O) groups is 1. The molecule has 0 aromatic heterocycles. The van der Waals surface area contributed by atoms with Crippen LogP contribution >= 0.6 is 0 Å². The Kier molecular flexibility index (Phi) is 5.68. The monoisotopic (exact) mass is 328 g/mol. The molecule has 1 atom stereocenters. The molecular weight excluding hydrogens is 305 g/mol. The molecule has 1 aromatic carbocycles. The first-order valence-corrected chi connectivity index (χ1v) is 8.01. The summed E-state index contributed by atoms with van der Waals surface area (Å²) >= 11 is 0. The molecule has 0 aliphatic carbocycles. The van der Waals surface area contributed by atoms with E-state index in [2.05, 4.69) is 25.7 Å². The maximum absolute atomic E-state index is 13.7. The van der Waals surface area contributed by atoms with E-state index < -0.39 is 17.5 Å². The Labute approximate surface area is 135 Å². The summed E-state index contributed by atoms with van der Waals surface area (Å²) in [5, 5.41) is 0. The average molecular weight is 328 g/mol. The lowest BCUT2D eigenvalue weighted by Crippen LogP contribution is -2.56. The van der Waals surface area contributed by atoms with Crippen LogP contribution in [0.3, 0.4) is 0 Å². The molecule has 1 aliphatic heterocycles. The fraction of sp³-hybridized carbons (Fsp3) is 0.588. The molecule has 0 radical (unpaired) electrons. The van der Waals surface area contributed by atoms with E-state index in [0.717, 1.165) is 25.1 Å². The molecule has 128 valence electrons. The molecule has 1 aliphatic rings. The van der Waals surface area contributed by atoms with Crippen molar-refractivity contribution in [2.75, 3.05) is 19.6 Å². The lowest BCUT2D eigenvalue weighted by molar-refractivity contribution is -0.134. The fourth-order valence-electron chi connectivity index (χ4n) is 3.12. The van der Waals surface area contributed by atoms with E-state index in [1.54, 1.807) is 4.90 Å². The molecule has 23 heavy (non-hydrogen) atoms. The molecule has 0 bridgehead atoms. The largest absolute Gasteiger partial charge is 0.340 e. The quantitative estimate of drug-likeness (QED) is 0.794. The molecule has 1 amide bonds. The zero-order chi connectivity index (χ0) is 17.1. The van der Waals surface area contributed by atoms with Gasteiger partial charge >= 0.3 is 0 Å². The number of benzene rings is 1. The van der Waals surface area contributed by atoms with Crippen LogP contribution in [0.5, 0.6) is 0 Å². The molecule has 1 fully saturated rings. The maximum atomic E-state index is 13.7. The Bertz CT molecular complexity index is 577. The number of rotatable bonds is 4. The van der Waals surface area contributed by atoms with Gasteiger partial charge in [-0.05, 0) is 26.3 Å². The number of carbonyl (C=O) groups excluding carboxylic acids is 1. The van der Waals surface area contributed by atoms with Gasteiger partial charge in [-0.25, -0.2) is 13.2 Å². The minimum Gasteiger partial charge on any atom is -0.340 e. The van der Waals surface area contributed by atoms with Crippen molar-refractivity contribution in [2.45, 2.75) is 45.7 Å². The maximum Gasteiger partial charge on any atom is 0.227 e. The van der Waals surface area contributed by atoms with E-state index in [1.807, 2.05) is 0 Å². The topological polar surface area (TPSA) is 23.6 Å². The predicted octanol–water partition coefficient (Wildman–Crippen LogP) is 2.98. The van der Waals surface area contributed by atoms with Gasteiger partial charge in [-0.2, -0.15) is 0 Å². The Morgan fingerprint density at radius 1 is 1.22 bits per heavy atom. The average Bonchev–Trinajstić information content (AvgIpc) is 2.54. The number of hydrogen-bond acceptors (Lipinski definition) is 2. The van der Waals surface area contributed by atoms with E-state index in [4.69, 9.17) is 0 Å². The molecule has 0 N–H and O–H groups in total. The van der Waals surface area contributed by atoms with Crippen molar-refractivity contribution < 1.29 is 18.0 Å². The van der Waals surface area contributed by atoms with Crippen LogP contribution in [0.4, 0.5) is 13.2 Å². The van der Waals surface area contributed by atoms with Gasteiger partial charge in [0.25, 0.3) is 0 Å². The molecule has 1 heterocycles. The van der Waals surface area contributed by atoms with Crippen molar-refractivity contribution in [1.82, 2.24) is 9.80 Å². The van der Waals surface area contributed by atoms with E-state index >= 15 is 0 Å². The summed E-state index contributed by atoms with van der Waals surface area (Å²) in [4.78, 5) is 16.4. The standard InChI is InChI=1S/C17H23F3N2O/c1-4-13-10-21(7-8-22(13)11(2)3)15(23)9-12-5-6-14(18)17(20)16(12)19/h5-6,11,13H,4,7-10H2,1-3H3. The molecule has 0 spiro atoms. The summed E-state index contributed by atoms with van der Waals surface area (Å²) in [7, 11) is 0. The first-order valence-electron chi connectivity index (χ1n) is 8.01. The second-order valence-corrected chi connectivity index (χ2v) is 6.24. The molecule has 6 heteroatoms. The normalized spacial score (nSPS) is 19.4. The minimum atomic E-state index is -1.52. The van der Waals surface area contributed by atoms with Gasteiger partial charge in [0.15, 0.2) is 17.5 Å². The van der Waals surface area contributed by atoms with Gasteiger partial charge in [0.1, 0.15) is 0 Å². The number of hydrogen-bond donors (Lipinski definition) is 0. The summed E-state index contributed by atoms with van der Waals surface area (Å²) in [5.41, 5.74) is -0.103. The number of nitrogens with zero attached hydrogens (tertiary/aromatic N) is 2. The summed E-state index contributed by atoms with van der Waals surface area (Å²) < 4.78 is 39.9. The zero-order valence-corrected chi connectivity index (χ0v) is 13.8. The van der Waals surface area contributed by atoms with E-state index in [-0.39, 0.29) is 23.9 Å². The van der Waals surface area contributed by atoms with Crippen molar-refractivity contribution in [1.29, 1.82) is 0 Å². The number of piperazine rings is 1. The second-order valence-electron chi connectivity index (χ2n) is 6.24. The van der Waals surface area contributed by atoms with Crippen LogP contribution in [0.2, 0.25) is 0 Å². The van der Waals surface area contributed by atoms with Gasteiger partial charge in [0.2, 0.25) is 5.91 Å². The highest BCUT2D eigenvalue weighted by Gasteiger charge is 2.30. The molecule has 1 saturated heterocycles. The SMILES string of the molecule is CCC1CN(C(=O)Cc2ccc(F)c(F)c2F)CCN1C(C)C. The van der Waals surface area contributed by atoms with Crippen molar-refractivity contribution in [3.8, 4) is 0 Å². The summed E-state index contributed by atoms with van der Waals surface area (Å²) in [6, 6.07) is 2.66. The number of halogens is 3. The molecule has 2 rings (SSSR count). The third kappa shape index (κ3) is 3.86. The molecular formula is C17H23F3N2O. The highest BCUT2D eigenvalue weighted by Crippen LogP contribution is 2.19. The smallest absolute Gasteiger partial charge is 0.227 e. The van der Waals surface area contributed by atoms with Gasteiger partial charge in [0.05, 0.1) is 6.42 Å². The molecule has 0 saturated carbocycles. The van der Waals surface area contributed by atoms with Gasteiger partial charge in [0, 0.05) is 37.3 Å². The number of amides is 1. The molecule has 1 aromatic rings. The molecule has 3 nitrogen and oxygen atoms in total. The second kappa shape index (κ2) is 7.34. The molecule has 1 unspecified atom stereocenters. The van der Waals surface area contributed by atoms with E-state index in [1.165, 1.54) is 0 Å². The van der Waals surface area contributed by atoms with E-state index in [9.17, 15) is 18.0 Å². The summed E-state index contributed by atoms with van der Waals surface area (Å²) in [5.74, 6) is -4.29. The fourth-order valence-corrected chi connectivity index (χ4v) is 3.12. The zero-order valence-electron chi connectivity index (χ0n) is 13.8. The summed E-state index contributed by atoms with van der Waals surface area (Å²) in [6.45, 7) is 8.23. The van der Waals surface area contributed by atoms with Crippen molar-refractivity contribution in [2.24, 2.45) is 0 Å². The lowest BCUT2D eigenvalue weighted by Gasteiger charge is -2.43. The van der Waals surface area contributed by atoms with Gasteiger partial charge in [-0.15, -0.1) is 0 Å². The Hall–Kier alpha value is -1.56. The Balaban J connectivity index is 2.06. The predicted molar refractivity (Wildman–Crippen MR) is 82.5 cm³/mol. The van der Waals surface area contributed by atoms with Crippen LogP contribution in [0.1, 0.15) is 32.8 Å². The Morgan fingerprint density at radius 2 is 1.91 bits per heavy atom. The minimum absolute atomic E-state index is 0.103. The van der Waals surface area contributed by atoms with Crippen molar-refractivity contribution in [3.63, 3.8) is 0 Å². The van der Waals surface area contributed by atoms with Crippen molar-refractivity contribution >= 4 is 5.91 Å². The van der Waals surface area contributed by atoms with Gasteiger partial charge in [-0.1, -0.05) is 13.0 Å². The van der Waals surface area contributed by atoms with Crippen LogP contribution in [-0.2, 0) is 11.2 Å². The van der Waals surface area contributed by atoms with Crippen LogP contribution in [-0.4, -0.2) is 47.4 Å². The highest BCUT2D eigenvalue weighted by molar-refractivity contribution is 5.79. The first kappa shape index (κ1) is 17.8. The van der Waals surface area contributed by atoms with Crippen LogP contribution in [0.25, 0.3) is 0 Å². The summed E-state index contributed by atoms with van der Waals surface area (Å²) in [6.07, 6.45) is 0.669. The third-order valence-corrected chi connectivity index (χ3v) is 4.47. The van der Waals surface area contributed by atoms with Crippen LogP contribution in [0.15, 0.2) is 12.1 Å². The lowest BCUT2D eigenvalue weighted by atomic mass is 10.1. The van der Waals surface area contributed by atoms with Crippen molar-refractivity contribution in [3.05, 3.63) is 35.1 Å². The first-order chi connectivity index (χ1) is 10.8. The highest BCUT2D eigenvalue weighted by atomic mass is 19.2. The van der Waals surface area contributed by atoms with Gasteiger partial charge < -0.3 is 4.90 Å². The third-order valence-electron chi connectivity index (χ3n) is 4.47. The Morgan fingerprint density at radius 3 is 2.52 bits per heavy atom.